The van der Waals surface area contributed by atoms with Gasteiger partial charge in [-0.05, 0) is 49.4 Å². The molecule has 2 amide bonds. The first-order chi connectivity index (χ1) is 14.3. The van der Waals surface area contributed by atoms with E-state index in [1.165, 1.54) is 5.56 Å². The molecular weight excluding hydrogens is 380 g/mol. The zero-order valence-corrected chi connectivity index (χ0v) is 18.0. The highest BCUT2D eigenvalue weighted by Gasteiger charge is 2.26. The van der Waals surface area contributed by atoms with E-state index in [-0.39, 0.29) is 24.3 Å². The van der Waals surface area contributed by atoms with Crippen LogP contribution in [-0.4, -0.2) is 37.0 Å². The maximum Gasteiger partial charge on any atom is 0.329 e. The third kappa shape index (κ3) is 7.03. The minimum absolute atomic E-state index is 0.185. The smallest absolute Gasteiger partial charge is 0.329 e. The Hall–Kier alpha value is -3.15. The molecule has 0 heterocycles. The van der Waals surface area contributed by atoms with Gasteiger partial charge >= 0.3 is 5.97 Å². The molecule has 0 spiro atoms. The molecule has 160 valence electrons. The second-order valence-electron chi connectivity index (χ2n) is 7.70. The number of benzene rings is 2. The van der Waals surface area contributed by atoms with Crippen molar-refractivity contribution in [2.45, 2.75) is 40.2 Å². The Balaban J connectivity index is 1.82. The van der Waals surface area contributed by atoms with E-state index in [4.69, 9.17) is 4.74 Å². The summed E-state index contributed by atoms with van der Waals surface area (Å²) in [6, 6.07) is 14.3. The van der Waals surface area contributed by atoms with Crippen molar-refractivity contribution in [3.63, 3.8) is 0 Å². The summed E-state index contributed by atoms with van der Waals surface area (Å²) in [5.41, 5.74) is 3.76. The van der Waals surface area contributed by atoms with Crippen LogP contribution in [0.5, 0.6) is 0 Å². The second kappa shape index (κ2) is 11.1. The third-order valence-electron chi connectivity index (χ3n) is 4.81. The second-order valence-corrected chi connectivity index (χ2v) is 7.70. The van der Waals surface area contributed by atoms with Gasteiger partial charge < -0.3 is 15.4 Å². The fourth-order valence-electron chi connectivity index (χ4n) is 3.01. The normalized spacial score (nSPS) is 11.6. The van der Waals surface area contributed by atoms with Crippen molar-refractivity contribution in [2.75, 3.05) is 13.2 Å². The highest BCUT2D eigenvalue weighted by atomic mass is 16.5. The quantitative estimate of drug-likeness (QED) is 0.623. The van der Waals surface area contributed by atoms with Gasteiger partial charge in [-0.1, -0.05) is 55.8 Å². The van der Waals surface area contributed by atoms with Crippen molar-refractivity contribution in [1.29, 1.82) is 0 Å². The van der Waals surface area contributed by atoms with Crippen LogP contribution in [0.15, 0.2) is 48.5 Å². The van der Waals surface area contributed by atoms with Gasteiger partial charge in [0.1, 0.15) is 6.04 Å². The Morgan fingerprint density at radius 3 is 2.40 bits per heavy atom. The standard InChI is InChI=1S/C24H30N2O4/c1-16(2)22(26-23(28)20-11-7-8-17(3)14-20)24(29)30-15-21(27)25-13-12-19-10-6-5-9-18(19)4/h5-11,14,16,22H,12-13,15H2,1-4H3,(H,25,27)(H,26,28)/t22-/m0/s1. The molecule has 6 nitrogen and oxygen atoms in total. The lowest BCUT2D eigenvalue weighted by atomic mass is 10.0. The van der Waals surface area contributed by atoms with Crippen LogP contribution in [0.2, 0.25) is 0 Å². The van der Waals surface area contributed by atoms with E-state index in [1.807, 2.05) is 58.0 Å². The first-order valence-corrected chi connectivity index (χ1v) is 10.1. The highest BCUT2D eigenvalue weighted by molar-refractivity contribution is 5.97. The molecular formula is C24H30N2O4. The van der Waals surface area contributed by atoms with Crippen molar-refractivity contribution in [3.8, 4) is 0 Å². The molecule has 0 aliphatic carbocycles. The van der Waals surface area contributed by atoms with E-state index >= 15 is 0 Å². The third-order valence-corrected chi connectivity index (χ3v) is 4.81. The van der Waals surface area contributed by atoms with E-state index in [0.29, 0.717) is 18.5 Å². The van der Waals surface area contributed by atoms with Gasteiger partial charge in [0, 0.05) is 12.1 Å². The number of amides is 2. The number of hydrogen-bond donors (Lipinski definition) is 2. The largest absolute Gasteiger partial charge is 0.454 e. The lowest BCUT2D eigenvalue weighted by Gasteiger charge is -2.21. The number of nitrogens with one attached hydrogen (secondary N) is 2. The summed E-state index contributed by atoms with van der Waals surface area (Å²) >= 11 is 0. The van der Waals surface area contributed by atoms with Gasteiger partial charge in [-0.25, -0.2) is 4.79 Å². The average Bonchev–Trinajstić information content (AvgIpc) is 2.71. The SMILES string of the molecule is Cc1cccc(C(=O)N[C@H](C(=O)OCC(=O)NCCc2ccccc2C)C(C)C)c1. The molecule has 0 aliphatic rings. The molecule has 0 aromatic heterocycles. The summed E-state index contributed by atoms with van der Waals surface area (Å²) in [7, 11) is 0. The molecule has 0 saturated carbocycles. The number of ether oxygens (including phenoxy) is 1. The Morgan fingerprint density at radius 2 is 1.73 bits per heavy atom. The molecule has 0 fully saturated rings. The van der Waals surface area contributed by atoms with Crippen LogP contribution < -0.4 is 10.6 Å². The van der Waals surface area contributed by atoms with Crippen LogP contribution in [0.25, 0.3) is 0 Å². The van der Waals surface area contributed by atoms with E-state index in [1.54, 1.807) is 18.2 Å². The first-order valence-electron chi connectivity index (χ1n) is 10.1. The summed E-state index contributed by atoms with van der Waals surface area (Å²) in [6.07, 6.45) is 0.702. The summed E-state index contributed by atoms with van der Waals surface area (Å²) in [6.45, 7) is 7.61. The van der Waals surface area contributed by atoms with Crippen molar-refractivity contribution >= 4 is 17.8 Å². The van der Waals surface area contributed by atoms with Crippen LogP contribution in [0.4, 0.5) is 0 Å². The van der Waals surface area contributed by atoms with E-state index < -0.39 is 12.0 Å². The van der Waals surface area contributed by atoms with Crippen LogP contribution in [0.3, 0.4) is 0 Å². The molecule has 0 radical (unpaired) electrons. The molecule has 2 aromatic carbocycles. The zero-order chi connectivity index (χ0) is 22.1. The number of hydrogen-bond acceptors (Lipinski definition) is 4. The number of esters is 1. The van der Waals surface area contributed by atoms with Crippen molar-refractivity contribution < 1.29 is 19.1 Å². The van der Waals surface area contributed by atoms with Gasteiger partial charge in [0.2, 0.25) is 0 Å². The Morgan fingerprint density at radius 1 is 1.00 bits per heavy atom. The molecule has 0 bridgehead atoms. The molecule has 30 heavy (non-hydrogen) atoms. The minimum Gasteiger partial charge on any atom is -0.454 e. The Labute approximate surface area is 178 Å². The highest BCUT2D eigenvalue weighted by Crippen LogP contribution is 2.09. The van der Waals surface area contributed by atoms with E-state index in [9.17, 15) is 14.4 Å². The summed E-state index contributed by atoms with van der Waals surface area (Å²) in [5.74, 6) is -1.53. The molecule has 0 unspecified atom stereocenters. The first kappa shape index (κ1) is 23.1. The summed E-state index contributed by atoms with van der Waals surface area (Å²) in [4.78, 5) is 36.9. The number of rotatable bonds is 9. The van der Waals surface area contributed by atoms with Gasteiger partial charge in [-0.3, -0.25) is 9.59 Å². The summed E-state index contributed by atoms with van der Waals surface area (Å²) < 4.78 is 5.15. The minimum atomic E-state index is -0.835. The average molecular weight is 411 g/mol. The van der Waals surface area contributed by atoms with Crippen LogP contribution in [0, 0.1) is 19.8 Å². The molecule has 6 heteroatoms. The lowest BCUT2D eigenvalue weighted by molar-refractivity contribution is -0.151. The summed E-state index contributed by atoms with van der Waals surface area (Å²) in [5, 5.41) is 5.46. The maximum absolute atomic E-state index is 12.5. The number of carbonyl (C=O) groups excluding carboxylic acids is 3. The molecule has 2 rings (SSSR count). The predicted molar refractivity (Wildman–Crippen MR) is 116 cm³/mol. The van der Waals surface area contributed by atoms with Crippen LogP contribution in [0.1, 0.15) is 40.9 Å². The Kier molecular flexibility index (Phi) is 8.59. The van der Waals surface area contributed by atoms with Gasteiger partial charge in [-0.15, -0.1) is 0 Å². The zero-order valence-electron chi connectivity index (χ0n) is 18.0. The molecule has 0 aliphatic heterocycles. The predicted octanol–water partition coefficient (Wildman–Crippen LogP) is 2.96. The van der Waals surface area contributed by atoms with Crippen molar-refractivity contribution in [2.24, 2.45) is 5.92 Å². The molecule has 2 N–H and O–H groups in total. The van der Waals surface area contributed by atoms with Crippen molar-refractivity contribution in [1.82, 2.24) is 10.6 Å². The fourth-order valence-corrected chi connectivity index (χ4v) is 3.01. The monoisotopic (exact) mass is 410 g/mol. The fraction of sp³-hybridized carbons (Fsp3) is 0.375. The van der Waals surface area contributed by atoms with Gasteiger partial charge in [0.25, 0.3) is 11.8 Å². The molecule has 2 aromatic rings. The lowest BCUT2D eigenvalue weighted by Crippen LogP contribution is -2.46. The van der Waals surface area contributed by atoms with Crippen molar-refractivity contribution in [3.05, 3.63) is 70.8 Å². The van der Waals surface area contributed by atoms with Gasteiger partial charge in [0.15, 0.2) is 6.61 Å². The van der Waals surface area contributed by atoms with E-state index in [0.717, 1.165) is 11.1 Å². The van der Waals surface area contributed by atoms with Crippen LogP contribution in [-0.2, 0) is 20.7 Å². The molecule has 0 saturated heterocycles. The Bertz CT molecular complexity index is 892. The van der Waals surface area contributed by atoms with Gasteiger partial charge in [0.05, 0.1) is 0 Å². The topological polar surface area (TPSA) is 84.5 Å². The molecule has 1 atom stereocenters. The van der Waals surface area contributed by atoms with Gasteiger partial charge in [-0.2, -0.15) is 0 Å². The van der Waals surface area contributed by atoms with Crippen LogP contribution >= 0.6 is 0 Å². The number of carbonyl (C=O) groups is 3. The number of aryl methyl sites for hydroxylation is 2. The van der Waals surface area contributed by atoms with E-state index in [2.05, 4.69) is 10.6 Å². The maximum atomic E-state index is 12.5.